The summed E-state index contributed by atoms with van der Waals surface area (Å²) in [6, 6.07) is 0. The van der Waals surface area contributed by atoms with Gasteiger partial charge in [0.2, 0.25) is 0 Å². The minimum atomic E-state index is -5.03. The molecule has 11 heteroatoms. The normalized spacial score (nSPS) is 38.8. The van der Waals surface area contributed by atoms with E-state index in [9.17, 15) is 27.9 Å². The summed E-state index contributed by atoms with van der Waals surface area (Å²) in [6.45, 7) is 0. The van der Waals surface area contributed by atoms with Crippen molar-refractivity contribution in [2.45, 2.75) is 36.7 Å². The molecule has 0 radical (unpaired) electrons. The second-order valence-corrected chi connectivity index (χ2v) is 5.65. The summed E-state index contributed by atoms with van der Waals surface area (Å²) in [6.07, 6.45) is -17.6. The minimum Gasteiger partial charge on any atom is -0.388 e. The molecule has 0 aromatic carbocycles. The van der Waals surface area contributed by atoms with Gasteiger partial charge in [-0.25, -0.2) is 0 Å². The van der Waals surface area contributed by atoms with Gasteiger partial charge in [-0.15, -0.1) is 0 Å². The number of rotatable bonds is 2. The van der Waals surface area contributed by atoms with Crippen LogP contribution in [0.4, 0.5) is 13.2 Å². The Morgan fingerprint density at radius 3 is 1.94 bits per heavy atom. The summed E-state index contributed by atoms with van der Waals surface area (Å²) in [7, 11) is -4.74. The Hall–Kier alpha value is -0.220. The molecule has 1 fully saturated rings. The molecule has 0 unspecified atom stereocenters. The molecule has 0 aromatic rings. The smallest absolute Gasteiger partial charge is 0.388 e. The zero-order chi connectivity index (χ0) is 14.3. The number of halogens is 3. The summed E-state index contributed by atoms with van der Waals surface area (Å²) in [5.74, 6) is 0. The molecule has 0 saturated carbocycles. The second kappa shape index (κ2) is 5.04. The van der Waals surface area contributed by atoms with Crippen molar-refractivity contribution in [1.29, 1.82) is 0 Å². The van der Waals surface area contributed by atoms with E-state index in [2.05, 4.69) is 4.74 Å². The lowest BCUT2D eigenvalue weighted by molar-refractivity contribution is -0.307. The van der Waals surface area contributed by atoms with Gasteiger partial charge >= 0.3 is 13.8 Å². The van der Waals surface area contributed by atoms with Crippen LogP contribution in [0.5, 0.6) is 0 Å². The van der Waals surface area contributed by atoms with Crippen LogP contribution in [0, 0.1) is 0 Å². The molecule has 18 heavy (non-hydrogen) atoms. The third-order valence-electron chi connectivity index (χ3n) is 2.45. The third kappa shape index (κ3) is 3.64. The van der Waals surface area contributed by atoms with Crippen LogP contribution in [0.2, 0.25) is 0 Å². The second-order valence-electron chi connectivity index (χ2n) is 3.96. The summed E-state index contributed by atoms with van der Waals surface area (Å²) < 4.78 is 52.2. The van der Waals surface area contributed by atoms with E-state index in [1.54, 1.807) is 0 Å². The predicted molar refractivity (Wildman–Crippen MR) is 49.6 cm³/mol. The number of ether oxygens (including phenoxy) is 1. The summed E-state index contributed by atoms with van der Waals surface area (Å²) in [5, 5.41) is 27.6. The fraction of sp³-hybridized carbons (Fsp3) is 1.00. The Labute approximate surface area is 99.0 Å². The molecular formula is C7H12F3O7P. The SMILES string of the molecule is O=P(O)(O)C[C@@H]1O[C@@H](C(F)(F)F)[C@@H](O)[C@H](O)[C@H]1O. The van der Waals surface area contributed by atoms with Crippen LogP contribution >= 0.6 is 7.60 Å². The lowest BCUT2D eigenvalue weighted by Gasteiger charge is -2.41. The lowest BCUT2D eigenvalue weighted by atomic mass is 9.95. The molecule has 0 aliphatic carbocycles. The van der Waals surface area contributed by atoms with Gasteiger partial charge in [-0.3, -0.25) is 4.57 Å². The van der Waals surface area contributed by atoms with Crippen molar-refractivity contribution >= 4 is 7.60 Å². The minimum absolute atomic E-state index is 1.19. The van der Waals surface area contributed by atoms with E-state index < -0.39 is 50.5 Å². The number of hydrogen-bond donors (Lipinski definition) is 5. The van der Waals surface area contributed by atoms with Crippen LogP contribution in [0.25, 0.3) is 0 Å². The maximum atomic E-state index is 12.4. The number of hydrogen-bond acceptors (Lipinski definition) is 5. The summed E-state index contributed by atoms with van der Waals surface area (Å²) in [4.78, 5) is 17.2. The van der Waals surface area contributed by atoms with E-state index in [1.807, 2.05) is 0 Å². The zero-order valence-electron chi connectivity index (χ0n) is 8.73. The molecule has 7 nitrogen and oxygen atoms in total. The first-order valence-corrected chi connectivity index (χ1v) is 6.54. The first kappa shape index (κ1) is 15.8. The van der Waals surface area contributed by atoms with Crippen LogP contribution in [0.3, 0.4) is 0 Å². The van der Waals surface area contributed by atoms with Crippen LogP contribution in [-0.4, -0.2) is 68.0 Å². The molecule has 0 aromatic heterocycles. The van der Waals surface area contributed by atoms with E-state index in [-0.39, 0.29) is 0 Å². The first-order chi connectivity index (χ1) is 7.93. The number of aliphatic hydroxyl groups is 3. The van der Waals surface area contributed by atoms with Crippen molar-refractivity contribution in [2.24, 2.45) is 0 Å². The largest absolute Gasteiger partial charge is 0.417 e. The average molecular weight is 296 g/mol. The van der Waals surface area contributed by atoms with Crippen LogP contribution in [0.15, 0.2) is 0 Å². The van der Waals surface area contributed by atoms with Gasteiger partial charge < -0.3 is 29.8 Å². The molecule has 1 saturated heterocycles. The van der Waals surface area contributed by atoms with Gasteiger partial charge in [0.15, 0.2) is 6.10 Å². The molecule has 0 bridgehead atoms. The van der Waals surface area contributed by atoms with Crippen molar-refractivity contribution in [3.05, 3.63) is 0 Å². The van der Waals surface area contributed by atoms with Crippen molar-refractivity contribution in [3.8, 4) is 0 Å². The van der Waals surface area contributed by atoms with E-state index in [4.69, 9.17) is 14.9 Å². The maximum absolute atomic E-state index is 12.4. The average Bonchev–Trinajstić information content (AvgIpc) is 2.15. The van der Waals surface area contributed by atoms with Gasteiger partial charge in [0.05, 0.1) is 12.3 Å². The molecule has 108 valence electrons. The molecule has 1 aliphatic heterocycles. The van der Waals surface area contributed by atoms with Gasteiger partial charge in [0.1, 0.15) is 18.3 Å². The Morgan fingerprint density at radius 1 is 1.06 bits per heavy atom. The van der Waals surface area contributed by atoms with E-state index in [0.717, 1.165) is 0 Å². The highest BCUT2D eigenvalue weighted by atomic mass is 31.2. The summed E-state index contributed by atoms with van der Waals surface area (Å²) in [5.41, 5.74) is 0. The highest BCUT2D eigenvalue weighted by Crippen LogP contribution is 2.40. The van der Waals surface area contributed by atoms with E-state index >= 15 is 0 Å². The Morgan fingerprint density at radius 2 is 1.56 bits per heavy atom. The molecule has 1 heterocycles. The third-order valence-corrected chi connectivity index (χ3v) is 3.29. The highest BCUT2D eigenvalue weighted by Gasteiger charge is 2.55. The molecule has 0 amide bonds. The highest BCUT2D eigenvalue weighted by molar-refractivity contribution is 7.51. The quantitative estimate of drug-likeness (QED) is 0.395. The zero-order valence-corrected chi connectivity index (χ0v) is 9.62. The topological polar surface area (TPSA) is 127 Å². The predicted octanol–water partition coefficient (Wildman–Crippen LogP) is -1.42. The van der Waals surface area contributed by atoms with Gasteiger partial charge in [0, 0.05) is 0 Å². The lowest BCUT2D eigenvalue weighted by Crippen LogP contribution is -2.62. The molecular weight excluding hydrogens is 284 g/mol. The van der Waals surface area contributed by atoms with E-state index in [0.29, 0.717) is 0 Å². The Kier molecular flexibility index (Phi) is 4.44. The Balaban J connectivity index is 2.91. The standard InChI is InChI=1S/C7H12F3O7P/c8-7(9,10)6-5(13)4(12)3(11)2(17-6)1-18(14,15)16/h2-6,11-13H,1H2,(H2,14,15,16)/t2-,3-,4+,5-,6+/m0/s1. The van der Waals surface area contributed by atoms with Crippen LogP contribution in [-0.2, 0) is 9.30 Å². The molecule has 1 rings (SSSR count). The monoisotopic (exact) mass is 296 g/mol. The van der Waals surface area contributed by atoms with Crippen LogP contribution in [0.1, 0.15) is 0 Å². The fourth-order valence-electron chi connectivity index (χ4n) is 1.61. The number of alkyl halides is 3. The van der Waals surface area contributed by atoms with Crippen molar-refractivity contribution in [3.63, 3.8) is 0 Å². The first-order valence-electron chi connectivity index (χ1n) is 4.74. The van der Waals surface area contributed by atoms with Crippen molar-refractivity contribution < 1.29 is 47.6 Å². The summed E-state index contributed by atoms with van der Waals surface area (Å²) >= 11 is 0. The molecule has 5 N–H and O–H groups in total. The van der Waals surface area contributed by atoms with Crippen molar-refractivity contribution in [2.75, 3.05) is 6.16 Å². The fourth-order valence-corrected chi connectivity index (χ4v) is 2.38. The van der Waals surface area contributed by atoms with E-state index in [1.165, 1.54) is 0 Å². The molecule has 0 spiro atoms. The molecule has 5 atom stereocenters. The van der Waals surface area contributed by atoms with Gasteiger partial charge in [-0.05, 0) is 0 Å². The van der Waals surface area contributed by atoms with Crippen LogP contribution < -0.4 is 0 Å². The van der Waals surface area contributed by atoms with Crippen molar-refractivity contribution in [1.82, 2.24) is 0 Å². The maximum Gasteiger partial charge on any atom is 0.417 e. The Bertz CT molecular complexity index is 342. The molecule has 1 aliphatic rings. The van der Waals surface area contributed by atoms with Gasteiger partial charge in [-0.1, -0.05) is 0 Å². The number of aliphatic hydroxyl groups excluding tert-OH is 3. The van der Waals surface area contributed by atoms with Gasteiger partial charge in [0.25, 0.3) is 0 Å². The van der Waals surface area contributed by atoms with Gasteiger partial charge in [-0.2, -0.15) is 13.2 Å².